The number of rotatable bonds is 7. The fourth-order valence-electron chi connectivity index (χ4n) is 3.40. The molecule has 5 nitrogen and oxygen atoms in total. The van der Waals surface area contributed by atoms with E-state index < -0.39 is 10.0 Å². The normalized spacial score (nSPS) is 12.0. The zero-order valence-electron chi connectivity index (χ0n) is 16.6. The Kier molecular flexibility index (Phi) is 5.65. The van der Waals surface area contributed by atoms with Gasteiger partial charge in [0.25, 0.3) is 0 Å². The standard InChI is InChI=1S/C23H22FN3O2S/c1-26-22(12-14-25-26)17-27(15-13-18-6-9-21(24)10-7-18)30(28,29)23-11-8-19-4-2-3-5-20(19)16-23/h2-12,14,16H,13,15,17H2,1H3. The minimum Gasteiger partial charge on any atom is -0.271 e. The number of nitrogens with zero attached hydrogens (tertiary/aromatic N) is 3. The number of aryl methyl sites for hydroxylation is 1. The van der Waals surface area contributed by atoms with E-state index in [-0.39, 0.29) is 23.8 Å². The summed E-state index contributed by atoms with van der Waals surface area (Å²) >= 11 is 0. The van der Waals surface area contributed by atoms with Crippen molar-refractivity contribution >= 4 is 20.8 Å². The molecule has 0 bridgehead atoms. The minimum atomic E-state index is -3.75. The van der Waals surface area contributed by atoms with Gasteiger partial charge in [0.05, 0.1) is 17.1 Å². The number of hydrogen-bond donors (Lipinski definition) is 0. The first kappa shape index (κ1) is 20.3. The summed E-state index contributed by atoms with van der Waals surface area (Å²) in [5.74, 6) is -0.311. The molecule has 4 aromatic rings. The van der Waals surface area contributed by atoms with E-state index in [1.165, 1.54) is 16.4 Å². The molecule has 0 amide bonds. The van der Waals surface area contributed by atoms with Crippen LogP contribution in [0.4, 0.5) is 4.39 Å². The minimum absolute atomic E-state index is 0.201. The van der Waals surface area contributed by atoms with Crippen molar-refractivity contribution in [1.82, 2.24) is 14.1 Å². The first-order chi connectivity index (χ1) is 14.4. The molecule has 0 N–H and O–H groups in total. The van der Waals surface area contributed by atoms with Crippen LogP contribution in [0.2, 0.25) is 0 Å². The van der Waals surface area contributed by atoms with E-state index in [0.717, 1.165) is 22.0 Å². The maximum Gasteiger partial charge on any atom is 0.243 e. The lowest BCUT2D eigenvalue weighted by Gasteiger charge is -2.22. The predicted octanol–water partition coefficient (Wildman–Crippen LogP) is 4.15. The smallest absolute Gasteiger partial charge is 0.243 e. The first-order valence-electron chi connectivity index (χ1n) is 9.64. The summed E-state index contributed by atoms with van der Waals surface area (Å²) in [6.45, 7) is 0.471. The summed E-state index contributed by atoms with van der Waals surface area (Å²) < 4.78 is 43.4. The van der Waals surface area contributed by atoms with E-state index in [1.54, 1.807) is 48.3 Å². The number of fused-ring (bicyclic) bond motifs is 1. The Morgan fingerprint density at radius 2 is 1.70 bits per heavy atom. The van der Waals surface area contributed by atoms with E-state index in [1.807, 2.05) is 30.3 Å². The molecule has 1 aromatic heterocycles. The third-order valence-corrected chi connectivity index (χ3v) is 7.02. The molecule has 4 rings (SSSR count). The van der Waals surface area contributed by atoms with Gasteiger partial charge < -0.3 is 0 Å². The molecule has 30 heavy (non-hydrogen) atoms. The van der Waals surface area contributed by atoms with Crippen LogP contribution in [-0.2, 0) is 30.0 Å². The third-order valence-electron chi connectivity index (χ3n) is 5.18. The molecule has 3 aromatic carbocycles. The molecule has 1 heterocycles. The maximum absolute atomic E-state index is 13.5. The lowest BCUT2D eigenvalue weighted by atomic mass is 10.1. The topological polar surface area (TPSA) is 55.2 Å². The highest BCUT2D eigenvalue weighted by Crippen LogP contribution is 2.23. The summed E-state index contributed by atoms with van der Waals surface area (Å²) in [6.07, 6.45) is 2.13. The Morgan fingerprint density at radius 1 is 0.967 bits per heavy atom. The van der Waals surface area contributed by atoms with Crippen LogP contribution in [0.3, 0.4) is 0 Å². The Balaban J connectivity index is 1.66. The average molecular weight is 424 g/mol. The summed E-state index contributed by atoms with van der Waals surface area (Å²) in [5, 5.41) is 6.01. The van der Waals surface area contributed by atoms with Crippen molar-refractivity contribution in [2.45, 2.75) is 17.9 Å². The molecule has 0 aliphatic heterocycles. The molecule has 0 fully saturated rings. The molecule has 0 aliphatic rings. The molecule has 7 heteroatoms. The molecular formula is C23H22FN3O2S. The van der Waals surface area contributed by atoms with Crippen molar-refractivity contribution < 1.29 is 12.8 Å². The van der Waals surface area contributed by atoms with Gasteiger partial charge in [-0.05, 0) is 53.1 Å². The molecular weight excluding hydrogens is 401 g/mol. The predicted molar refractivity (Wildman–Crippen MR) is 115 cm³/mol. The van der Waals surface area contributed by atoms with Crippen molar-refractivity contribution in [1.29, 1.82) is 0 Å². The van der Waals surface area contributed by atoms with Gasteiger partial charge in [0.15, 0.2) is 0 Å². The van der Waals surface area contributed by atoms with E-state index in [4.69, 9.17) is 0 Å². The van der Waals surface area contributed by atoms with Gasteiger partial charge >= 0.3 is 0 Å². The SMILES string of the molecule is Cn1nccc1CN(CCc1ccc(F)cc1)S(=O)(=O)c1ccc2ccccc2c1. The summed E-state index contributed by atoms with van der Waals surface area (Å²) in [4.78, 5) is 0.252. The average Bonchev–Trinajstić information content (AvgIpc) is 3.16. The van der Waals surface area contributed by atoms with Gasteiger partial charge in [0.2, 0.25) is 10.0 Å². The van der Waals surface area contributed by atoms with Gasteiger partial charge in [-0.3, -0.25) is 4.68 Å². The molecule has 0 saturated carbocycles. The maximum atomic E-state index is 13.5. The number of aromatic nitrogens is 2. The molecule has 154 valence electrons. The molecule has 0 aliphatic carbocycles. The largest absolute Gasteiger partial charge is 0.271 e. The number of sulfonamides is 1. The number of hydrogen-bond acceptors (Lipinski definition) is 3. The van der Waals surface area contributed by atoms with Crippen LogP contribution >= 0.6 is 0 Å². The van der Waals surface area contributed by atoms with Gasteiger partial charge in [-0.15, -0.1) is 0 Å². The Morgan fingerprint density at radius 3 is 2.40 bits per heavy atom. The van der Waals surface area contributed by atoms with E-state index in [9.17, 15) is 12.8 Å². The van der Waals surface area contributed by atoms with Gasteiger partial charge in [-0.2, -0.15) is 9.40 Å². The van der Waals surface area contributed by atoms with Crippen molar-refractivity contribution in [2.75, 3.05) is 6.54 Å². The van der Waals surface area contributed by atoms with Crippen LogP contribution in [0.5, 0.6) is 0 Å². The second-order valence-corrected chi connectivity index (χ2v) is 9.11. The second kappa shape index (κ2) is 8.38. The van der Waals surface area contributed by atoms with Crippen LogP contribution in [0.15, 0.2) is 83.9 Å². The second-order valence-electron chi connectivity index (χ2n) is 7.17. The zero-order chi connectivity index (χ0) is 21.1. The molecule has 0 saturated heterocycles. The van der Waals surface area contributed by atoms with Crippen LogP contribution in [-0.4, -0.2) is 29.0 Å². The highest BCUT2D eigenvalue weighted by atomic mass is 32.2. The number of halogens is 1. The van der Waals surface area contributed by atoms with Crippen LogP contribution in [0.25, 0.3) is 10.8 Å². The lowest BCUT2D eigenvalue weighted by Crippen LogP contribution is -2.33. The summed E-state index contributed by atoms with van der Waals surface area (Å²) in [6, 6.07) is 20.8. The molecule has 0 spiro atoms. The summed E-state index contributed by atoms with van der Waals surface area (Å²) in [7, 11) is -1.96. The van der Waals surface area contributed by atoms with Gasteiger partial charge in [-0.25, -0.2) is 12.8 Å². The fourth-order valence-corrected chi connectivity index (χ4v) is 4.85. The molecule has 0 radical (unpaired) electrons. The van der Waals surface area contributed by atoms with E-state index in [0.29, 0.717) is 6.42 Å². The third kappa shape index (κ3) is 4.27. The van der Waals surface area contributed by atoms with Gasteiger partial charge in [-0.1, -0.05) is 42.5 Å². The van der Waals surface area contributed by atoms with Gasteiger partial charge in [0.1, 0.15) is 5.82 Å². The number of benzene rings is 3. The van der Waals surface area contributed by atoms with E-state index >= 15 is 0 Å². The van der Waals surface area contributed by atoms with Crippen molar-refractivity contribution in [3.8, 4) is 0 Å². The Labute approximate surface area is 175 Å². The molecule has 0 unspecified atom stereocenters. The van der Waals surface area contributed by atoms with Crippen LogP contribution in [0.1, 0.15) is 11.3 Å². The van der Waals surface area contributed by atoms with Crippen LogP contribution < -0.4 is 0 Å². The highest BCUT2D eigenvalue weighted by molar-refractivity contribution is 7.89. The van der Waals surface area contributed by atoms with Crippen molar-refractivity contribution in [3.63, 3.8) is 0 Å². The quantitative estimate of drug-likeness (QED) is 0.449. The fraction of sp³-hybridized carbons (Fsp3) is 0.174. The van der Waals surface area contributed by atoms with Gasteiger partial charge in [0, 0.05) is 19.8 Å². The Bertz CT molecular complexity index is 1270. The zero-order valence-corrected chi connectivity index (χ0v) is 17.4. The highest BCUT2D eigenvalue weighted by Gasteiger charge is 2.25. The van der Waals surface area contributed by atoms with E-state index in [2.05, 4.69) is 5.10 Å². The van der Waals surface area contributed by atoms with Crippen molar-refractivity contribution in [3.05, 3.63) is 96.1 Å². The first-order valence-corrected chi connectivity index (χ1v) is 11.1. The lowest BCUT2D eigenvalue weighted by molar-refractivity contribution is 0.398. The Hall–Kier alpha value is -3.03. The monoisotopic (exact) mass is 423 g/mol. The molecule has 0 atom stereocenters. The summed E-state index contributed by atoms with van der Waals surface area (Å²) in [5.41, 5.74) is 1.67. The van der Waals surface area contributed by atoms with Crippen LogP contribution in [0, 0.1) is 5.82 Å². The van der Waals surface area contributed by atoms with Crippen molar-refractivity contribution in [2.24, 2.45) is 7.05 Å².